The minimum atomic E-state index is -0.301. The van der Waals surface area contributed by atoms with Crippen molar-refractivity contribution >= 4 is 16.8 Å². The maximum atomic E-state index is 13.3. The lowest BCUT2D eigenvalue weighted by Crippen LogP contribution is -2.40. The van der Waals surface area contributed by atoms with Crippen LogP contribution in [0.3, 0.4) is 0 Å². The lowest BCUT2D eigenvalue weighted by Gasteiger charge is -2.27. The van der Waals surface area contributed by atoms with Gasteiger partial charge in [0, 0.05) is 25.0 Å². The number of amides is 1. The van der Waals surface area contributed by atoms with E-state index in [1.165, 1.54) is 11.8 Å². The van der Waals surface area contributed by atoms with Crippen LogP contribution in [0.15, 0.2) is 16.9 Å². The minimum Gasteiger partial charge on any atom is -0.493 e. The molecule has 2 aromatic rings. The molecular weight excluding hydrogens is 374 g/mol. The van der Waals surface area contributed by atoms with Crippen LogP contribution in [-0.2, 0) is 9.53 Å². The van der Waals surface area contributed by atoms with Crippen molar-refractivity contribution < 1.29 is 19.0 Å². The van der Waals surface area contributed by atoms with Crippen LogP contribution >= 0.6 is 0 Å². The van der Waals surface area contributed by atoms with Crippen LogP contribution in [0.4, 0.5) is 0 Å². The Bertz CT molecular complexity index is 982. The van der Waals surface area contributed by atoms with E-state index >= 15 is 0 Å². The Hall–Kier alpha value is -2.61. The molecule has 0 spiro atoms. The van der Waals surface area contributed by atoms with Gasteiger partial charge in [-0.1, -0.05) is 6.42 Å². The predicted octanol–water partition coefficient (Wildman–Crippen LogP) is 2.57. The minimum absolute atomic E-state index is 0.0885. The molecule has 0 radical (unpaired) electrons. The molecule has 1 aromatic carbocycles. The molecule has 29 heavy (non-hydrogen) atoms. The van der Waals surface area contributed by atoms with E-state index in [4.69, 9.17) is 19.2 Å². The van der Waals surface area contributed by atoms with Crippen LogP contribution in [0.2, 0.25) is 0 Å². The van der Waals surface area contributed by atoms with E-state index in [0.717, 1.165) is 32.1 Å². The number of carbonyl (C=O) groups excluding carboxylic acids is 1. The number of nitrogens with zero attached hydrogens (tertiary/aromatic N) is 2. The van der Waals surface area contributed by atoms with E-state index in [-0.39, 0.29) is 29.4 Å². The zero-order valence-electron chi connectivity index (χ0n) is 17.1. The van der Waals surface area contributed by atoms with Gasteiger partial charge in [-0.15, -0.1) is 0 Å². The number of rotatable bonds is 6. The van der Waals surface area contributed by atoms with E-state index in [9.17, 15) is 9.59 Å². The Labute approximate surface area is 169 Å². The number of benzene rings is 1. The molecule has 0 saturated heterocycles. The van der Waals surface area contributed by atoms with Crippen molar-refractivity contribution in [2.24, 2.45) is 5.92 Å². The number of fused-ring (bicyclic) bond motifs is 1. The van der Waals surface area contributed by atoms with E-state index in [0.29, 0.717) is 34.6 Å². The second-order valence-electron chi connectivity index (χ2n) is 7.81. The molecule has 2 saturated carbocycles. The normalized spacial score (nSPS) is 21.8. The highest BCUT2D eigenvalue weighted by molar-refractivity contribution is 5.87. The van der Waals surface area contributed by atoms with Crippen molar-refractivity contribution in [3.05, 3.63) is 28.3 Å². The van der Waals surface area contributed by atoms with E-state index < -0.39 is 0 Å². The second-order valence-corrected chi connectivity index (χ2v) is 7.81. The second kappa shape index (κ2) is 8.02. The number of hydrogen-bond acceptors (Lipinski definition) is 6. The summed E-state index contributed by atoms with van der Waals surface area (Å²) in [5.74, 6) is 1.42. The van der Waals surface area contributed by atoms with Crippen molar-refractivity contribution in [2.75, 3.05) is 26.8 Å². The third-order valence-electron chi connectivity index (χ3n) is 5.89. The highest BCUT2D eigenvalue weighted by Crippen LogP contribution is 2.39. The molecule has 1 aromatic heterocycles. The molecule has 2 aliphatic rings. The summed E-state index contributed by atoms with van der Waals surface area (Å²) in [5.41, 5.74) is 3.09. The number of hydrogen-bond donors (Lipinski definition) is 1. The predicted molar refractivity (Wildman–Crippen MR) is 108 cm³/mol. The lowest BCUT2D eigenvalue weighted by atomic mass is 9.87. The summed E-state index contributed by atoms with van der Waals surface area (Å²) in [7, 11) is 4.74. The SMILES string of the molecule is COc1cc2nc(C3CC3)n(NC(=O)[C@H]3CCC[C@@H](OC)C3)c(=O)c2cc1OC. The molecule has 0 bridgehead atoms. The van der Waals surface area contributed by atoms with Gasteiger partial charge < -0.3 is 14.2 Å². The zero-order chi connectivity index (χ0) is 20.5. The molecule has 1 amide bonds. The quantitative estimate of drug-likeness (QED) is 0.800. The molecule has 2 aliphatic carbocycles. The average Bonchev–Trinajstić information content (AvgIpc) is 3.59. The van der Waals surface area contributed by atoms with Crippen molar-refractivity contribution in [1.29, 1.82) is 0 Å². The fourth-order valence-corrected chi connectivity index (χ4v) is 4.05. The molecule has 8 heteroatoms. The van der Waals surface area contributed by atoms with Gasteiger partial charge in [0.2, 0.25) is 5.91 Å². The van der Waals surface area contributed by atoms with E-state index in [1.54, 1.807) is 26.4 Å². The summed E-state index contributed by atoms with van der Waals surface area (Å²) in [6.07, 6.45) is 5.37. The van der Waals surface area contributed by atoms with Gasteiger partial charge in [-0.25, -0.2) is 9.66 Å². The van der Waals surface area contributed by atoms with Crippen molar-refractivity contribution in [2.45, 2.75) is 50.5 Å². The molecule has 156 valence electrons. The van der Waals surface area contributed by atoms with E-state index in [2.05, 4.69) is 5.43 Å². The van der Waals surface area contributed by atoms with Crippen molar-refractivity contribution in [3.8, 4) is 11.5 Å². The van der Waals surface area contributed by atoms with Gasteiger partial charge in [0.15, 0.2) is 11.5 Å². The topological polar surface area (TPSA) is 91.7 Å². The number of nitrogens with one attached hydrogen (secondary N) is 1. The number of aromatic nitrogens is 2. The first-order valence-electron chi connectivity index (χ1n) is 10.1. The number of methoxy groups -OCH3 is 3. The van der Waals surface area contributed by atoms with Gasteiger partial charge in [0.25, 0.3) is 5.56 Å². The third kappa shape index (κ3) is 3.81. The Kier molecular flexibility index (Phi) is 5.45. The first-order valence-corrected chi connectivity index (χ1v) is 10.1. The summed E-state index contributed by atoms with van der Waals surface area (Å²) in [6, 6.07) is 3.32. The first kappa shape index (κ1) is 19.7. The van der Waals surface area contributed by atoms with Gasteiger partial charge in [-0.2, -0.15) is 0 Å². The molecular formula is C21H27N3O5. The fourth-order valence-electron chi connectivity index (χ4n) is 4.05. The van der Waals surface area contributed by atoms with E-state index in [1.807, 2.05) is 0 Å². The van der Waals surface area contributed by atoms with Crippen LogP contribution in [0.1, 0.15) is 50.3 Å². The summed E-state index contributed by atoms with van der Waals surface area (Å²) < 4.78 is 17.4. The number of ether oxygens (including phenoxy) is 3. The van der Waals surface area contributed by atoms with Crippen LogP contribution in [0.25, 0.3) is 10.9 Å². The van der Waals surface area contributed by atoms with Crippen molar-refractivity contribution in [1.82, 2.24) is 9.66 Å². The van der Waals surface area contributed by atoms with Crippen LogP contribution in [0.5, 0.6) is 11.5 Å². The van der Waals surface area contributed by atoms with Gasteiger partial charge in [0.05, 0.1) is 31.2 Å². The maximum absolute atomic E-state index is 13.3. The Morgan fingerprint density at radius 3 is 2.48 bits per heavy atom. The van der Waals surface area contributed by atoms with Gasteiger partial charge in [0.1, 0.15) is 5.82 Å². The molecule has 8 nitrogen and oxygen atoms in total. The zero-order valence-corrected chi connectivity index (χ0v) is 17.1. The largest absolute Gasteiger partial charge is 0.493 e. The Balaban J connectivity index is 1.73. The molecule has 0 aliphatic heterocycles. The fraction of sp³-hybridized carbons (Fsp3) is 0.571. The summed E-state index contributed by atoms with van der Waals surface area (Å²) in [4.78, 5) is 30.9. The summed E-state index contributed by atoms with van der Waals surface area (Å²) in [6.45, 7) is 0. The highest BCUT2D eigenvalue weighted by atomic mass is 16.5. The molecule has 1 N–H and O–H groups in total. The maximum Gasteiger partial charge on any atom is 0.280 e. The highest BCUT2D eigenvalue weighted by Gasteiger charge is 2.32. The van der Waals surface area contributed by atoms with Crippen LogP contribution in [-0.4, -0.2) is 43.0 Å². The average molecular weight is 401 g/mol. The van der Waals surface area contributed by atoms with Gasteiger partial charge in [-0.3, -0.25) is 15.0 Å². The molecule has 4 rings (SSSR count). The molecule has 0 unspecified atom stereocenters. The monoisotopic (exact) mass is 401 g/mol. The standard InChI is InChI=1S/C21H27N3O5/c1-27-14-6-4-5-13(9-14)20(25)23-24-19(12-7-8-12)22-16-11-18(29-3)17(28-2)10-15(16)21(24)26/h10-14H,4-9H2,1-3H3,(H,23,25)/t13-,14+/m0/s1. The van der Waals surface area contributed by atoms with Gasteiger partial charge >= 0.3 is 0 Å². The Morgan fingerprint density at radius 1 is 1.10 bits per heavy atom. The van der Waals surface area contributed by atoms with Crippen LogP contribution < -0.4 is 20.5 Å². The first-order chi connectivity index (χ1) is 14.0. The molecule has 2 fully saturated rings. The molecule has 2 atom stereocenters. The Morgan fingerprint density at radius 2 is 1.83 bits per heavy atom. The lowest BCUT2D eigenvalue weighted by molar-refractivity contribution is -0.123. The third-order valence-corrected chi connectivity index (χ3v) is 5.89. The summed E-state index contributed by atoms with van der Waals surface area (Å²) in [5, 5.41) is 0.380. The molecule has 1 heterocycles. The van der Waals surface area contributed by atoms with Crippen molar-refractivity contribution in [3.63, 3.8) is 0 Å². The van der Waals surface area contributed by atoms with Crippen LogP contribution in [0, 0.1) is 5.92 Å². The summed E-state index contributed by atoms with van der Waals surface area (Å²) >= 11 is 0. The smallest absolute Gasteiger partial charge is 0.280 e. The number of carbonyl (C=O) groups is 1. The van der Waals surface area contributed by atoms with Gasteiger partial charge in [-0.05, 0) is 38.2 Å².